The molecular formula is C32H68MgO4P2S4. The van der Waals surface area contributed by atoms with Crippen LogP contribution in [0.2, 0.25) is 0 Å². The molecule has 0 aliphatic heterocycles. The Kier molecular flexibility index (Phi) is 45.4. The fourth-order valence-corrected chi connectivity index (χ4v) is 7.66. The molecule has 0 saturated heterocycles. The summed E-state index contributed by atoms with van der Waals surface area (Å²) in [5, 5.41) is 0. The van der Waals surface area contributed by atoms with E-state index in [0.29, 0.717) is 26.4 Å². The molecule has 0 fully saturated rings. The van der Waals surface area contributed by atoms with E-state index in [2.05, 4.69) is 27.7 Å². The molecule has 256 valence electrons. The van der Waals surface area contributed by atoms with Gasteiger partial charge in [0.2, 0.25) is 0 Å². The fourth-order valence-electron chi connectivity index (χ4n) is 4.31. The first kappa shape index (κ1) is 50.0. The molecule has 0 aromatic carbocycles. The Bertz CT molecular complexity index is 540. The van der Waals surface area contributed by atoms with Gasteiger partial charge in [0.05, 0.1) is 37.8 Å². The molecule has 0 aliphatic rings. The minimum atomic E-state index is -2.40. The molecular weight excluding hydrogens is 663 g/mol. The van der Waals surface area contributed by atoms with Gasteiger partial charge in [0, 0.05) is 0 Å². The first-order valence-corrected chi connectivity index (χ1v) is 24.7. The van der Waals surface area contributed by atoms with Gasteiger partial charge in [-0.1, -0.05) is 180 Å². The van der Waals surface area contributed by atoms with Crippen molar-refractivity contribution in [2.45, 2.75) is 182 Å². The van der Waals surface area contributed by atoms with Crippen molar-refractivity contribution in [2.75, 3.05) is 26.4 Å². The van der Waals surface area contributed by atoms with Crippen LogP contribution in [-0.2, 0) is 66.2 Å². The van der Waals surface area contributed by atoms with E-state index in [9.17, 15) is 0 Å². The van der Waals surface area contributed by atoms with E-state index in [-0.39, 0.29) is 23.1 Å². The van der Waals surface area contributed by atoms with E-state index < -0.39 is 11.4 Å². The van der Waals surface area contributed by atoms with Crippen LogP contribution in [-0.4, -0.2) is 49.5 Å². The van der Waals surface area contributed by atoms with Crippen LogP contribution in [0.1, 0.15) is 182 Å². The summed E-state index contributed by atoms with van der Waals surface area (Å²) in [6, 6.07) is 0. The topological polar surface area (TPSA) is 36.9 Å². The molecule has 0 aliphatic carbocycles. The Morgan fingerprint density at radius 1 is 0.349 bits per heavy atom. The van der Waals surface area contributed by atoms with Crippen molar-refractivity contribution in [1.82, 2.24) is 0 Å². The van der Waals surface area contributed by atoms with Crippen LogP contribution in [0.25, 0.3) is 0 Å². The molecule has 0 unspecified atom stereocenters. The zero-order valence-electron chi connectivity index (χ0n) is 28.7. The van der Waals surface area contributed by atoms with Crippen molar-refractivity contribution < 1.29 is 18.1 Å². The molecule has 43 heavy (non-hydrogen) atoms. The smallest absolute Gasteiger partial charge is 0.691 e. The summed E-state index contributed by atoms with van der Waals surface area (Å²) in [7, 11) is 0. The van der Waals surface area contributed by atoms with Crippen LogP contribution < -0.4 is 0 Å². The molecule has 11 heteroatoms. The van der Waals surface area contributed by atoms with Crippen molar-refractivity contribution >= 4 is 82.6 Å². The van der Waals surface area contributed by atoms with Gasteiger partial charge in [0.15, 0.2) is 0 Å². The van der Waals surface area contributed by atoms with Gasteiger partial charge >= 0.3 is 23.1 Å². The van der Waals surface area contributed by atoms with E-state index in [4.69, 9.17) is 66.2 Å². The molecule has 0 saturated carbocycles. The van der Waals surface area contributed by atoms with Gasteiger partial charge in [-0.05, 0) is 25.7 Å². The summed E-state index contributed by atoms with van der Waals surface area (Å²) in [6.45, 7) is 11.6. The Labute approximate surface area is 306 Å². The van der Waals surface area contributed by atoms with Gasteiger partial charge < -0.3 is 42.6 Å². The van der Waals surface area contributed by atoms with E-state index in [1.165, 1.54) is 128 Å². The second kappa shape index (κ2) is 39.0. The Morgan fingerprint density at radius 2 is 0.512 bits per heavy atom. The van der Waals surface area contributed by atoms with Crippen LogP contribution in [0.3, 0.4) is 0 Å². The minimum absolute atomic E-state index is 0. The maximum atomic E-state index is 5.60. The standard InChI is InChI=1S/2C16H35O2PS2.Mg/c2*1-3-5-7-9-11-13-15-17-19(20,21)18-16-14-12-10-8-6-4-2;/h2*3-16H2,1-2H3,(H,20,21);/q;;+2/p-2. The quantitative estimate of drug-likeness (QED) is 0.0293. The third-order valence-electron chi connectivity index (χ3n) is 6.99. The molecule has 0 amide bonds. The van der Waals surface area contributed by atoms with Crippen molar-refractivity contribution in [1.29, 1.82) is 0 Å². The van der Waals surface area contributed by atoms with Crippen LogP contribution in [0.4, 0.5) is 0 Å². The summed E-state index contributed by atoms with van der Waals surface area (Å²) in [5.41, 5.74) is -4.80. The fraction of sp³-hybridized carbons (Fsp3) is 1.00. The summed E-state index contributed by atoms with van der Waals surface area (Å²) in [4.78, 5) is 0. The van der Waals surface area contributed by atoms with Gasteiger partial charge in [0.25, 0.3) is 0 Å². The van der Waals surface area contributed by atoms with E-state index >= 15 is 0 Å². The molecule has 0 radical (unpaired) electrons. The van der Waals surface area contributed by atoms with Gasteiger partial charge in [0.1, 0.15) is 0 Å². The third kappa shape index (κ3) is 44.6. The Hall–Kier alpha value is 2.61. The molecule has 0 atom stereocenters. The van der Waals surface area contributed by atoms with Crippen molar-refractivity contribution in [3.8, 4) is 0 Å². The van der Waals surface area contributed by atoms with Crippen LogP contribution in [0, 0.1) is 0 Å². The van der Waals surface area contributed by atoms with Crippen LogP contribution in [0.5, 0.6) is 0 Å². The number of hydrogen-bond acceptors (Lipinski definition) is 8. The van der Waals surface area contributed by atoms with Crippen LogP contribution in [0.15, 0.2) is 0 Å². The van der Waals surface area contributed by atoms with Crippen molar-refractivity contribution in [2.24, 2.45) is 0 Å². The van der Waals surface area contributed by atoms with Gasteiger partial charge in [-0.25, -0.2) is 0 Å². The first-order chi connectivity index (χ1) is 20.2. The minimum Gasteiger partial charge on any atom is -0.691 e. The predicted octanol–water partition coefficient (Wildman–Crippen LogP) is 12.6. The van der Waals surface area contributed by atoms with E-state index in [1.54, 1.807) is 0 Å². The maximum absolute atomic E-state index is 5.60. The van der Waals surface area contributed by atoms with Gasteiger partial charge in [-0.15, -0.1) is 0 Å². The molecule has 0 aromatic rings. The normalized spacial score (nSPS) is 11.7. The van der Waals surface area contributed by atoms with Gasteiger partial charge in [-0.2, -0.15) is 0 Å². The third-order valence-corrected chi connectivity index (χ3v) is 11.5. The molecule has 0 aromatic heterocycles. The van der Waals surface area contributed by atoms with Crippen molar-refractivity contribution in [3.05, 3.63) is 0 Å². The monoisotopic (exact) mass is 730 g/mol. The Morgan fingerprint density at radius 3 is 0.698 bits per heavy atom. The van der Waals surface area contributed by atoms with Gasteiger partial charge in [-0.3, -0.25) is 0 Å². The molecule has 0 N–H and O–H groups in total. The predicted molar refractivity (Wildman–Crippen MR) is 206 cm³/mol. The summed E-state index contributed by atoms with van der Waals surface area (Å²) >= 11 is 21.1. The second-order valence-electron chi connectivity index (χ2n) is 11.3. The first-order valence-electron chi connectivity index (χ1n) is 17.4. The molecule has 0 bridgehead atoms. The summed E-state index contributed by atoms with van der Waals surface area (Å²) in [5.74, 6) is 0. The molecule has 0 rings (SSSR count). The summed E-state index contributed by atoms with van der Waals surface area (Å²) < 4.78 is 22.4. The Balaban J connectivity index is -0.000000727. The SMILES string of the molecule is CCCCCCCCOP(=S)([S-])OCCCCCCCC.CCCCCCCCOP(=S)([S-])OCCCCCCCC.[Mg+2]. The average Bonchev–Trinajstić information content (AvgIpc) is 2.95. The molecule has 0 spiro atoms. The number of unbranched alkanes of at least 4 members (excludes halogenated alkanes) is 20. The zero-order chi connectivity index (χ0) is 31.6. The average molecular weight is 731 g/mol. The van der Waals surface area contributed by atoms with Crippen molar-refractivity contribution in [3.63, 3.8) is 0 Å². The van der Waals surface area contributed by atoms with Crippen LogP contribution >= 0.6 is 11.4 Å². The van der Waals surface area contributed by atoms with E-state index in [1.807, 2.05) is 0 Å². The number of rotatable bonds is 32. The molecule has 0 heterocycles. The summed E-state index contributed by atoms with van der Waals surface area (Å²) in [6.07, 6.45) is 30.0. The zero-order valence-corrected chi connectivity index (χ0v) is 35.1. The van der Waals surface area contributed by atoms with E-state index in [0.717, 1.165) is 25.7 Å². The second-order valence-corrected chi connectivity index (χ2v) is 21.3. The number of hydrogen-bond donors (Lipinski definition) is 0. The maximum Gasteiger partial charge on any atom is 2.00 e. The molecule has 4 nitrogen and oxygen atoms in total. The largest absolute Gasteiger partial charge is 2.00 e.